The molecule has 5 nitrogen and oxygen atoms in total. The summed E-state index contributed by atoms with van der Waals surface area (Å²) in [5.74, 6) is -0.307. The Morgan fingerprint density at radius 3 is 2.45 bits per heavy atom. The number of para-hydroxylation sites is 1. The fourth-order valence-electron chi connectivity index (χ4n) is 3.66. The molecule has 0 unspecified atom stereocenters. The van der Waals surface area contributed by atoms with Gasteiger partial charge in [-0.05, 0) is 55.2 Å². The standard InChI is InChI=1S/C24H20BrN3O2S/c1-16-6-2-3-7-20(16)28-23(30)21(14-17-8-10-18(25)11-9-17)31-24(28)19(15-26)22(29)27-12-4-5-13-27/h2-3,6-11,14H,4-5,12-13H2,1H3/b21-14+,24-19-. The molecule has 1 aliphatic heterocycles. The van der Waals surface area contributed by atoms with E-state index in [1.54, 1.807) is 11.0 Å². The van der Waals surface area contributed by atoms with Crippen LogP contribution < -0.4 is 14.8 Å². The Morgan fingerprint density at radius 1 is 1.13 bits per heavy atom. The van der Waals surface area contributed by atoms with Gasteiger partial charge in [0.1, 0.15) is 10.7 Å². The predicted molar refractivity (Wildman–Crippen MR) is 126 cm³/mol. The van der Waals surface area contributed by atoms with Crippen molar-refractivity contribution in [1.82, 2.24) is 9.47 Å². The number of carbonyl (C=O) groups excluding carboxylic acids is 1. The summed E-state index contributed by atoms with van der Waals surface area (Å²) in [7, 11) is 0. The van der Waals surface area contributed by atoms with Gasteiger partial charge in [0.15, 0.2) is 5.57 Å². The highest BCUT2D eigenvalue weighted by molar-refractivity contribution is 9.10. The lowest BCUT2D eigenvalue weighted by atomic mass is 10.2. The Morgan fingerprint density at radius 2 is 1.81 bits per heavy atom. The minimum Gasteiger partial charge on any atom is -0.338 e. The molecule has 1 saturated heterocycles. The van der Waals surface area contributed by atoms with Crippen molar-refractivity contribution in [2.75, 3.05) is 13.1 Å². The van der Waals surface area contributed by atoms with E-state index in [0.29, 0.717) is 28.0 Å². The second-order valence-corrected chi connectivity index (χ2v) is 9.33. The van der Waals surface area contributed by atoms with Crippen molar-refractivity contribution in [3.8, 4) is 11.8 Å². The Labute approximate surface area is 192 Å². The van der Waals surface area contributed by atoms with Crippen LogP contribution in [0.5, 0.6) is 0 Å². The van der Waals surface area contributed by atoms with Crippen LogP contribution >= 0.6 is 27.3 Å². The van der Waals surface area contributed by atoms with Crippen LogP contribution in [-0.4, -0.2) is 28.5 Å². The Kier molecular flexibility index (Phi) is 6.21. The van der Waals surface area contributed by atoms with Crippen molar-refractivity contribution in [2.45, 2.75) is 19.8 Å². The van der Waals surface area contributed by atoms with Crippen LogP contribution in [0.25, 0.3) is 17.3 Å². The van der Waals surface area contributed by atoms with Crippen molar-refractivity contribution >= 4 is 44.8 Å². The first-order valence-electron chi connectivity index (χ1n) is 9.98. The van der Waals surface area contributed by atoms with Crippen LogP contribution in [0.2, 0.25) is 0 Å². The first-order chi connectivity index (χ1) is 15.0. The summed E-state index contributed by atoms with van der Waals surface area (Å²) in [6.45, 7) is 3.19. The highest BCUT2D eigenvalue weighted by Gasteiger charge is 2.24. The molecular formula is C24H20BrN3O2S. The number of hydrogen-bond acceptors (Lipinski definition) is 4. The second kappa shape index (κ2) is 9.04. The van der Waals surface area contributed by atoms with Crippen LogP contribution in [0.3, 0.4) is 0 Å². The topological polar surface area (TPSA) is 66.1 Å². The molecule has 0 radical (unpaired) electrons. The summed E-state index contributed by atoms with van der Waals surface area (Å²) < 4.78 is 3.31. The average Bonchev–Trinajstić information content (AvgIpc) is 3.40. The molecule has 0 saturated carbocycles. The van der Waals surface area contributed by atoms with Crippen molar-refractivity contribution < 1.29 is 4.79 Å². The van der Waals surface area contributed by atoms with Gasteiger partial charge in [-0.25, -0.2) is 0 Å². The van der Waals surface area contributed by atoms with Crippen molar-refractivity contribution in [3.05, 3.63) is 83.7 Å². The van der Waals surface area contributed by atoms with Gasteiger partial charge in [0, 0.05) is 17.6 Å². The number of halogens is 1. The van der Waals surface area contributed by atoms with Crippen molar-refractivity contribution in [1.29, 1.82) is 5.26 Å². The van der Waals surface area contributed by atoms with E-state index in [1.165, 1.54) is 15.9 Å². The van der Waals surface area contributed by atoms with Crippen LogP contribution in [0.4, 0.5) is 0 Å². The quantitative estimate of drug-likeness (QED) is 0.562. The van der Waals surface area contributed by atoms with Crippen LogP contribution in [-0.2, 0) is 4.79 Å². The van der Waals surface area contributed by atoms with Gasteiger partial charge in [-0.15, -0.1) is 11.3 Å². The Bertz CT molecular complexity index is 1360. The van der Waals surface area contributed by atoms with E-state index >= 15 is 0 Å². The first kappa shape index (κ1) is 21.3. The summed E-state index contributed by atoms with van der Waals surface area (Å²) in [6, 6.07) is 17.2. The van der Waals surface area contributed by atoms with Gasteiger partial charge in [0.2, 0.25) is 0 Å². The van der Waals surface area contributed by atoms with Gasteiger partial charge in [0.25, 0.3) is 11.5 Å². The number of nitriles is 1. The van der Waals surface area contributed by atoms with Gasteiger partial charge in [-0.2, -0.15) is 5.26 Å². The minimum atomic E-state index is -0.307. The molecule has 156 valence electrons. The number of aromatic nitrogens is 1. The molecule has 0 aliphatic carbocycles. The zero-order chi connectivity index (χ0) is 22.0. The lowest BCUT2D eigenvalue weighted by Crippen LogP contribution is -2.35. The summed E-state index contributed by atoms with van der Waals surface area (Å²) in [5.41, 5.74) is 2.22. The average molecular weight is 494 g/mol. The first-order valence-corrected chi connectivity index (χ1v) is 11.6. The molecule has 0 bridgehead atoms. The number of aryl methyl sites for hydroxylation is 1. The zero-order valence-electron chi connectivity index (χ0n) is 17.0. The van der Waals surface area contributed by atoms with Crippen LogP contribution in [0.15, 0.2) is 57.8 Å². The van der Waals surface area contributed by atoms with Gasteiger partial charge in [-0.1, -0.05) is 46.3 Å². The van der Waals surface area contributed by atoms with Crippen molar-refractivity contribution in [2.24, 2.45) is 0 Å². The maximum absolute atomic E-state index is 13.5. The summed E-state index contributed by atoms with van der Waals surface area (Å²) in [4.78, 5) is 28.3. The third-order valence-corrected chi connectivity index (χ3v) is 6.90. The number of likely N-dealkylation sites (tertiary alicyclic amines) is 1. The van der Waals surface area contributed by atoms with E-state index in [9.17, 15) is 14.9 Å². The van der Waals surface area contributed by atoms with E-state index in [2.05, 4.69) is 22.0 Å². The van der Waals surface area contributed by atoms with Gasteiger partial charge in [-0.3, -0.25) is 14.2 Å². The molecule has 3 aromatic rings. The molecular weight excluding hydrogens is 474 g/mol. The van der Waals surface area contributed by atoms with E-state index in [0.717, 1.165) is 28.4 Å². The number of benzene rings is 2. The molecule has 0 atom stereocenters. The Hall–Kier alpha value is -2.95. The molecule has 31 heavy (non-hydrogen) atoms. The van der Waals surface area contributed by atoms with E-state index in [1.807, 2.05) is 55.5 Å². The fraction of sp³-hybridized carbons (Fsp3) is 0.208. The monoisotopic (exact) mass is 493 g/mol. The molecule has 1 amide bonds. The SMILES string of the molecule is Cc1ccccc1-n1c(=O)/c(=C\c2ccc(Br)cc2)s/c1=C(/C#N)C(=O)N1CCCC1. The number of hydrogen-bond donors (Lipinski definition) is 0. The van der Waals surface area contributed by atoms with Crippen LogP contribution in [0, 0.1) is 18.3 Å². The summed E-state index contributed by atoms with van der Waals surface area (Å²) >= 11 is 4.60. The second-order valence-electron chi connectivity index (χ2n) is 7.38. The van der Waals surface area contributed by atoms with E-state index in [4.69, 9.17) is 0 Å². The van der Waals surface area contributed by atoms with Gasteiger partial charge >= 0.3 is 0 Å². The number of carbonyl (C=O) groups is 1. The number of amides is 1. The number of nitrogens with zero attached hydrogens (tertiary/aromatic N) is 3. The third-order valence-electron chi connectivity index (χ3n) is 5.28. The third kappa shape index (κ3) is 4.27. The number of rotatable bonds is 3. The molecule has 1 aromatic heterocycles. The Balaban J connectivity index is 2.03. The zero-order valence-corrected chi connectivity index (χ0v) is 19.4. The normalized spacial score (nSPS) is 15.1. The predicted octanol–water partition coefficient (Wildman–Crippen LogP) is 3.10. The molecule has 1 aliphatic rings. The molecule has 2 heterocycles. The highest BCUT2D eigenvalue weighted by atomic mass is 79.9. The molecule has 7 heteroatoms. The summed E-state index contributed by atoms with van der Waals surface area (Å²) in [6.07, 6.45) is 3.66. The van der Waals surface area contributed by atoms with Crippen molar-refractivity contribution in [3.63, 3.8) is 0 Å². The maximum Gasteiger partial charge on any atom is 0.273 e. The van der Waals surface area contributed by atoms with Crippen LogP contribution in [0.1, 0.15) is 24.0 Å². The molecule has 0 spiro atoms. The number of thiazole rings is 1. The largest absolute Gasteiger partial charge is 0.338 e. The molecule has 4 rings (SSSR count). The summed E-state index contributed by atoms with van der Waals surface area (Å²) in [5, 5.41) is 9.91. The lowest BCUT2D eigenvalue weighted by molar-refractivity contribution is -0.123. The van der Waals surface area contributed by atoms with E-state index in [-0.39, 0.29) is 17.0 Å². The minimum absolute atomic E-state index is 0.0164. The molecule has 2 aromatic carbocycles. The maximum atomic E-state index is 13.5. The van der Waals surface area contributed by atoms with E-state index < -0.39 is 0 Å². The molecule has 0 N–H and O–H groups in total. The highest BCUT2D eigenvalue weighted by Crippen LogP contribution is 2.14. The molecule has 1 fully saturated rings. The van der Waals surface area contributed by atoms with Gasteiger partial charge in [0.05, 0.1) is 10.2 Å². The van der Waals surface area contributed by atoms with Gasteiger partial charge < -0.3 is 4.90 Å². The fourth-order valence-corrected chi connectivity index (χ4v) is 5.01. The smallest absolute Gasteiger partial charge is 0.273 e. The lowest BCUT2D eigenvalue weighted by Gasteiger charge is -2.14.